The highest BCUT2D eigenvalue weighted by Crippen LogP contribution is 2.29. The van der Waals surface area contributed by atoms with Gasteiger partial charge in [0.2, 0.25) is 0 Å². The van der Waals surface area contributed by atoms with Crippen molar-refractivity contribution >= 4 is 17.7 Å². The Balaban J connectivity index is 1.80. The van der Waals surface area contributed by atoms with Crippen LogP contribution in [0.4, 0.5) is 5.82 Å². The van der Waals surface area contributed by atoms with Gasteiger partial charge in [0.25, 0.3) is 5.91 Å². The number of para-hydroxylation sites is 1. The Morgan fingerprint density at radius 1 is 1.27 bits per heavy atom. The minimum Gasteiger partial charge on any atom is -0.452 e. The van der Waals surface area contributed by atoms with Gasteiger partial charge >= 0.3 is 5.97 Å². The van der Waals surface area contributed by atoms with Gasteiger partial charge in [-0.05, 0) is 37.5 Å². The zero-order chi connectivity index (χ0) is 21.8. The largest absolute Gasteiger partial charge is 0.452 e. The van der Waals surface area contributed by atoms with Crippen LogP contribution < -0.4 is 5.32 Å². The molecular formula is C22H23N5O3. The number of H-pyrrole nitrogens is 1. The molecule has 0 atom stereocenters. The van der Waals surface area contributed by atoms with Crippen LogP contribution in [0.1, 0.15) is 52.6 Å². The van der Waals surface area contributed by atoms with E-state index in [1.54, 1.807) is 4.57 Å². The number of hydrogen-bond donors (Lipinski definition) is 2. The van der Waals surface area contributed by atoms with E-state index < -0.39 is 18.5 Å². The maximum Gasteiger partial charge on any atom is 0.342 e. The number of benzene rings is 1. The SMILES string of the molecule is Cc1c(C#N)c(NC(=O)COC(=O)c2cn[nH]c2C(C)C)n(-c2ccccc2)c1C. The Kier molecular flexibility index (Phi) is 6.02. The first kappa shape index (κ1) is 20.9. The number of amides is 1. The van der Waals surface area contributed by atoms with Crippen molar-refractivity contribution in [1.29, 1.82) is 5.26 Å². The van der Waals surface area contributed by atoms with Gasteiger partial charge < -0.3 is 10.1 Å². The topological polar surface area (TPSA) is 113 Å². The first-order valence-electron chi connectivity index (χ1n) is 9.52. The highest BCUT2D eigenvalue weighted by atomic mass is 16.5. The molecule has 0 radical (unpaired) electrons. The van der Waals surface area contributed by atoms with Crippen LogP contribution in [0.15, 0.2) is 36.5 Å². The third-order valence-electron chi connectivity index (χ3n) is 4.90. The molecule has 0 unspecified atom stereocenters. The molecule has 2 aromatic heterocycles. The minimum atomic E-state index is -0.631. The molecule has 0 aliphatic carbocycles. The predicted octanol–water partition coefficient (Wildman–Crippen LogP) is 3.61. The lowest BCUT2D eigenvalue weighted by atomic mass is 10.1. The van der Waals surface area contributed by atoms with Crippen LogP contribution >= 0.6 is 0 Å². The fourth-order valence-electron chi connectivity index (χ4n) is 3.24. The summed E-state index contributed by atoms with van der Waals surface area (Å²) in [6.07, 6.45) is 1.39. The van der Waals surface area contributed by atoms with Crippen LogP contribution in [-0.4, -0.2) is 33.2 Å². The van der Waals surface area contributed by atoms with E-state index in [0.717, 1.165) is 16.9 Å². The number of aromatic nitrogens is 3. The average Bonchev–Trinajstić information content (AvgIpc) is 3.31. The molecule has 3 rings (SSSR count). The van der Waals surface area contributed by atoms with Crippen molar-refractivity contribution in [2.45, 2.75) is 33.6 Å². The summed E-state index contributed by atoms with van der Waals surface area (Å²) in [4.78, 5) is 24.9. The standard InChI is InChI=1S/C22H23N5O3/c1-13(2)20-18(11-24-26-20)22(29)30-12-19(28)25-21-17(10-23)14(3)15(4)27(21)16-8-6-5-7-9-16/h5-9,11,13H,12H2,1-4H3,(H,24,26)(H,25,28). The zero-order valence-corrected chi connectivity index (χ0v) is 17.3. The lowest BCUT2D eigenvalue weighted by molar-refractivity contribution is -0.119. The molecule has 1 amide bonds. The Morgan fingerprint density at radius 3 is 2.60 bits per heavy atom. The molecule has 0 saturated carbocycles. The zero-order valence-electron chi connectivity index (χ0n) is 17.3. The fourth-order valence-corrected chi connectivity index (χ4v) is 3.24. The first-order valence-corrected chi connectivity index (χ1v) is 9.52. The number of ether oxygens (including phenoxy) is 1. The van der Waals surface area contributed by atoms with Gasteiger partial charge in [0, 0.05) is 11.4 Å². The molecule has 0 aliphatic rings. The van der Waals surface area contributed by atoms with Crippen molar-refractivity contribution < 1.29 is 14.3 Å². The number of aromatic amines is 1. The van der Waals surface area contributed by atoms with Crippen molar-refractivity contribution in [2.75, 3.05) is 11.9 Å². The van der Waals surface area contributed by atoms with Crippen LogP contribution in [0.3, 0.4) is 0 Å². The van der Waals surface area contributed by atoms with E-state index in [1.807, 2.05) is 58.0 Å². The molecule has 30 heavy (non-hydrogen) atoms. The second-order valence-electron chi connectivity index (χ2n) is 7.19. The van der Waals surface area contributed by atoms with Crippen molar-refractivity contribution in [3.8, 4) is 11.8 Å². The highest BCUT2D eigenvalue weighted by molar-refractivity contribution is 5.96. The second-order valence-corrected chi connectivity index (χ2v) is 7.19. The molecule has 2 heterocycles. The summed E-state index contributed by atoms with van der Waals surface area (Å²) in [5.74, 6) is -0.758. The highest BCUT2D eigenvalue weighted by Gasteiger charge is 2.22. The van der Waals surface area contributed by atoms with Crippen molar-refractivity contribution in [2.24, 2.45) is 0 Å². The van der Waals surface area contributed by atoms with Gasteiger partial charge in [-0.2, -0.15) is 10.4 Å². The Morgan fingerprint density at radius 2 is 1.97 bits per heavy atom. The monoisotopic (exact) mass is 405 g/mol. The predicted molar refractivity (Wildman–Crippen MR) is 112 cm³/mol. The van der Waals surface area contributed by atoms with E-state index in [4.69, 9.17) is 4.74 Å². The molecule has 2 N–H and O–H groups in total. The van der Waals surface area contributed by atoms with Crippen LogP contribution in [0.25, 0.3) is 5.69 Å². The molecule has 3 aromatic rings. The molecule has 1 aromatic carbocycles. The van der Waals surface area contributed by atoms with Crippen LogP contribution in [0.2, 0.25) is 0 Å². The molecule has 0 bridgehead atoms. The van der Waals surface area contributed by atoms with Gasteiger partial charge in [-0.3, -0.25) is 14.5 Å². The average molecular weight is 405 g/mol. The molecule has 0 aliphatic heterocycles. The summed E-state index contributed by atoms with van der Waals surface area (Å²) in [6, 6.07) is 11.6. The van der Waals surface area contributed by atoms with E-state index in [2.05, 4.69) is 21.6 Å². The van der Waals surface area contributed by atoms with E-state index in [1.165, 1.54) is 6.20 Å². The quantitative estimate of drug-likeness (QED) is 0.608. The third-order valence-corrected chi connectivity index (χ3v) is 4.90. The smallest absolute Gasteiger partial charge is 0.342 e. The summed E-state index contributed by atoms with van der Waals surface area (Å²) in [7, 11) is 0. The maximum atomic E-state index is 12.5. The Hall–Kier alpha value is -3.86. The van der Waals surface area contributed by atoms with E-state index in [9.17, 15) is 14.9 Å². The molecule has 0 fully saturated rings. The minimum absolute atomic E-state index is 0.0576. The van der Waals surface area contributed by atoms with Gasteiger partial charge in [-0.15, -0.1) is 0 Å². The Bertz CT molecular complexity index is 1120. The number of hydrogen-bond acceptors (Lipinski definition) is 5. The molecule has 0 saturated heterocycles. The lowest BCUT2D eigenvalue weighted by Crippen LogP contribution is -2.23. The van der Waals surface area contributed by atoms with Gasteiger partial charge in [0.1, 0.15) is 17.5 Å². The van der Waals surface area contributed by atoms with Crippen LogP contribution in [0, 0.1) is 25.2 Å². The van der Waals surface area contributed by atoms with Crippen molar-refractivity contribution in [3.63, 3.8) is 0 Å². The molecule has 0 spiro atoms. The van der Waals surface area contributed by atoms with E-state index >= 15 is 0 Å². The normalized spacial score (nSPS) is 10.7. The van der Waals surface area contributed by atoms with Gasteiger partial charge in [-0.25, -0.2) is 4.79 Å². The third kappa shape index (κ3) is 3.96. The summed E-state index contributed by atoms with van der Waals surface area (Å²) in [5.41, 5.74) is 3.74. The van der Waals surface area contributed by atoms with Crippen molar-refractivity contribution in [3.05, 3.63) is 64.6 Å². The summed E-state index contributed by atoms with van der Waals surface area (Å²) in [5, 5.41) is 19.0. The van der Waals surface area contributed by atoms with Crippen LogP contribution in [0.5, 0.6) is 0 Å². The van der Waals surface area contributed by atoms with Crippen molar-refractivity contribution in [1.82, 2.24) is 14.8 Å². The molecule has 154 valence electrons. The number of nitrogens with one attached hydrogen (secondary N) is 2. The Labute approximate surface area is 174 Å². The molecule has 8 heteroatoms. The molecular weight excluding hydrogens is 382 g/mol. The number of carbonyl (C=O) groups excluding carboxylic acids is 2. The summed E-state index contributed by atoms with van der Waals surface area (Å²) >= 11 is 0. The van der Waals surface area contributed by atoms with Gasteiger partial charge in [0.05, 0.1) is 17.5 Å². The van der Waals surface area contributed by atoms with Crippen LogP contribution in [-0.2, 0) is 9.53 Å². The summed E-state index contributed by atoms with van der Waals surface area (Å²) in [6.45, 7) is 7.07. The number of esters is 1. The fraction of sp³-hybridized carbons (Fsp3) is 0.273. The second kappa shape index (κ2) is 8.66. The van der Waals surface area contributed by atoms with Gasteiger partial charge in [-0.1, -0.05) is 32.0 Å². The maximum absolute atomic E-state index is 12.5. The first-order chi connectivity index (χ1) is 14.3. The number of anilines is 1. The number of carbonyl (C=O) groups is 2. The lowest BCUT2D eigenvalue weighted by Gasteiger charge is -2.13. The van der Waals surface area contributed by atoms with E-state index in [0.29, 0.717) is 22.6 Å². The van der Waals surface area contributed by atoms with E-state index in [-0.39, 0.29) is 5.92 Å². The number of nitrogens with zero attached hydrogens (tertiary/aromatic N) is 3. The van der Waals surface area contributed by atoms with Gasteiger partial charge in [0.15, 0.2) is 6.61 Å². The summed E-state index contributed by atoms with van der Waals surface area (Å²) < 4.78 is 6.97. The number of rotatable bonds is 6. The number of nitriles is 1. The molecule has 8 nitrogen and oxygen atoms in total.